The highest BCUT2D eigenvalue weighted by Crippen LogP contribution is 2.34. The van der Waals surface area contributed by atoms with Crippen molar-refractivity contribution in [2.75, 3.05) is 7.11 Å². The van der Waals surface area contributed by atoms with Crippen LogP contribution < -0.4 is 4.74 Å². The Morgan fingerprint density at radius 1 is 1.09 bits per heavy atom. The highest BCUT2D eigenvalue weighted by Gasteiger charge is 2.29. The second kappa shape index (κ2) is 7.39. The quantitative estimate of drug-likeness (QED) is 0.740. The van der Waals surface area contributed by atoms with Crippen LogP contribution in [0.15, 0.2) is 53.5 Å². The van der Waals surface area contributed by atoms with E-state index in [-0.39, 0.29) is 10.9 Å². The molecule has 5 heteroatoms. The summed E-state index contributed by atoms with van der Waals surface area (Å²) in [5.74, 6) is 0.833. The van der Waals surface area contributed by atoms with E-state index in [1.165, 1.54) is 5.56 Å². The molecule has 0 aromatic heterocycles. The van der Waals surface area contributed by atoms with E-state index < -0.39 is 0 Å². The summed E-state index contributed by atoms with van der Waals surface area (Å²) in [5.41, 5.74) is 3.38. The number of thioether (sulfide) groups is 1. The van der Waals surface area contributed by atoms with Gasteiger partial charge < -0.3 is 9.47 Å². The van der Waals surface area contributed by atoms with Crippen LogP contribution >= 0.6 is 23.4 Å². The topological polar surface area (TPSA) is 30.8 Å². The summed E-state index contributed by atoms with van der Waals surface area (Å²) in [4.78, 5) is 4.62. The molecule has 0 aliphatic carbocycles. The molecule has 2 aromatic rings. The Balaban J connectivity index is 1.64. The summed E-state index contributed by atoms with van der Waals surface area (Å²) < 4.78 is 10.8. The molecule has 0 bridgehead atoms. The molecule has 0 spiro atoms. The molecule has 0 radical (unpaired) electrons. The molecule has 120 valence electrons. The van der Waals surface area contributed by atoms with Crippen LogP contribution in [0.25, 0.3) is 0 Å². The summed E-state index contributed by atoms with van der Waals surface area (Å²) in [6.07, 6.45) is -0.333. The van der Waals surface area contributed by atoms with Gasteiger partial charge in [-0.1, -0.05) is 53.7 Å². The zero-order valence-corrected chi connectivity index (χ0v) is 14.6. The predicted molar refractivity (Wildman–Crippen MR) is 96.5 cm³/mol. The number of ether oxygens (including phenoxy) is 2. The van der Waals surface area contributed by atoms with E-state index in [2.05, 4.69) is 36.2 Å². The summed E-state index contributed by atoms with van der Waals surface area (Å²) >= 11 is 7.92. The van der Waals surface area contributed by atoms with Crippen molar-refractivity contribution in [1.82, 2.24) is 0 Å². The number of benzene rings is 2. The van der Waals surface area contributed by atoms with Gasteiger partial charge in [-0.2, -0.15) is 0 Å². The van der Waals surface area contributed by atoms with Crippen molar-refractivity contribution in [2.45, 2.75) is 24.5 Å². The number of alkyl halides is 1. The lowest BCUT2D eigenvalue weighted by molar-refractivity contribution is 0.0584. The second-order valence-corrected chi connectivity index (χ2v) is 7.18. The highest BCUT2D eigenvalue weighted by atomic mass is 35.5. The first kappa shape index (κ1) is 16.4. The van der Waals surface area contributed by atoms with Crippen LogP contribution in [0.4, 0.5) is 0 Å². The van der Waals surface area contributed by atoms with Gasteiger partial charge in [-0.25, -0.2) is 4.99 Å². The standard InChI is InChI=1S/C18H18ClNO2S/c1-12-3-7-14(8-4-12)18-20-17(16(19)23-18)22-11-13-5-9-15(21-2)10-6-13/h3-10,16-17H,11H2,1-2H3/t16-,17+/m1/s1. The lowest BCUT2D eigenvalue weighted by atomic mass is 10.2. The van der Waals surface area contributed by atoms with Crippen LogP contribution in [0.3, 0.4) is 0 Å². The van der Waals surface area contributed by atoms with Gasteiger partial charge in [-0.05, 0) is 24.6 Å². The molecular weight excluding hydrogens is 330 g/mol. The minimum atomic E-state index is -0.333. The molecule has 0 saturated carbocycles. The smallest absolute Gasteiger partial charge is 0.175 e. The van der Waals surface area contributed by atoms with Gasteiger partial charge in [0.25, 0.3) is 0 Å². The fraction of sp³-hybridized carbons (Fsp3) is 0.278. The fourth-order valence-electron chi connectivity index (χ4n) is 2.22. The molecule has 0 N–H and O–H groups in total. The Kier molecular flexibility index (Phi) is 5.26. The van der Waals surface area contributed by atoms with Crippen molar-refractivity contribution in [3.8, 4) is 5.75 Å². The van der Waals surface area contributed by atoms with E-state index >= 15 is 0 Å². The van der Waals surface area contributed by atoms with Crippen molar-refractivity contribution in [3.63, 3.8) is 0 Å². The first-order valence-electron chi connectivity index (χ1n) is 7.36. The zero-order valence-electron chi connectivity index (χ0n) is 13.0. The number of hydrogen-bond acceptors (Lipinski definition) is 4. The number of nitrogens with zero attached hydrogens (tertiary/aromatic N) is 1. The van der Waals surface area contributed by atoms with Gasteiger partial charge >= 0.3 is 0 Å². The van der Waals surface area contributed by atoms with Crippen LogP contribution in [0.2, 0.25) is 0 Å². The molecule has 2 atom stereocenters. The van der Waals surface area contributed by atoms with Gasteiger partial charge in [0.1, 0.15) is 15.5 Å². The third kappa shape index (κ3) is 4.08. The van der Waals surface area contributed by atoms with E-state index in [1.54, 1.807) is 18.9 Å². The molecule has 0 saturated heterocycles. The molecule has 3 nitrogen and oxygen atoms in total. The molecule has 1 aliphatic rings. The number of rotatable bonds is 5. The first-order valence-corrected chi connectivity index (χ1v) is 8.67. The number of aryl methyl sites for hydroxylation is 1. The second-order valence-electron chi connectivity index (χ2n) is 5.32. The average molecular weight is 348 g/mol. The number of methoxy groups -OCH3 is 1. The number of halogens is 1. The Labute approximate surface area is 145 Å². The Morgan fingerprint density at radius 2 is 1.78 bits per heavy atom. The van der Waals surface area contributed by atoms with Crippen molar-refractivity contribution >= 4 is 28.4 Å². The van der Waals surface area contributed by atoms with Gasteiger partial charge in [0, 0.05) is 5.56 Å². The van der Waals surface area contributed by atoms with Crippen LogP contribution in [0, 0.1) is 6.92 Å². The largest absolute Gasteiger partial charge is 0.497 e. The maximum Gasteiger partial charge on any atom is 0.175 e. The van der Waals surface area contributed by atoms with Crippen LogP contribution in [0.5, 0.6) is 5.75 Å². The van der Waals surface area contributed by atoms with Gasteiger partial charge in [0.05, 0.1) is 13.7 Å². The molecular formula is C18H18ClNO2S. The third-order valence-electron chi connectivity index (χ3n) is 3.57. The molecule has 23 heavy (non-hydrogen) atoms. The minimum Gasteiger partial charge on any atom is -0.497 e. The summed E-state index contributed by atoms with van der Waals surface area (Å²) in [7, 11) is 1.65. The van der Waals surface area contributed by atoms with Gasteiger partial charge in [-0.3, -0.25) is 0 Å². The van der Waals surface area contributed by atoms with Crippen LogP contribution in [0.1, 0.15) is 16.7 Å². The van der Waals surface area contributed by atoms with Crippen LogP contribution in [-0.2, 0) is 11.3 Å². The third-order valence-corrected chi connectivity index (χ3v) is 5.08. The normalized spacial score (nSPS) is 20.4. The van der Waals surface area contributed by atoms with E-state index in [9.17, 15) is 0 Å². The minimum absolute atomic E-state index is 0.204. The molecule has 0 fully saturated rings. The van der Waals surface area contributed by atoms with Crippen molar-refractivity contribution in [3.05, 3.63) is 65.2 Å². The van der Waals surface area contributed by atoms with Gasteiger partial charge in [0.2, 0.25) is 0 Å². The van der Waals surface area contributed by atoms with Crippen LogP contribution in [-0.4, -0.2) is 23.1 Å². The maximum absolute atomic E-state index is 6.37. The van der Waals surface area contributed by atoms with E-state index in [0.717, 1.165) is 21.9 Å². The molecule has 0 unspecified atom stereocenters. The molecule has 1 heterocycles. The van der Waals surface area contributed by atoms with Crippen molar-refractivity contribution in [2.24, 2.45) is 4.99 Å². The number of aliphatic imine (C=N–C) groups is 1. The highest BCUT2D eigenvalue weighted by molar-refractivity contribution is 8.16. The van der Waals surface area contributed by atoms with Crippen molar-refractivity contribution < 1.29 is 9.47 Å². The molecule has 2 aromatic carbocycles. The Hall–Kier alpha value is -1.49. The average Bonchev–Trinajstić information content (AvgIpc) is 2.95. The molecule has 0 amide bonds. The first-order chi connectivity index (χ1) is 11.2. The van der Waals surface area contributed by atoms with Gasteiger partial charge in [-0.15, -0.1) is 11.6 Å². The van der Waals surface area contributed by atoms with Crippen molar-refractivity contribution in [1.29, 1.82) is 0 Å². The summed E-state index contributed by atoms with van der Waals surface area (Å²) in [6.45, 7) is 2.54. The van der Waals surface area contributed by atoms with E-state index in [4.69, 9.17) is 21.1 Å². The Morgan fingerprint density at radius 3 is 2.43 bits per heavy atom. The maximum atomic E-state index is 6.37. The fourth-order valence-corrected chi connectivity index (χ4v) is 3.51. The zero-order chi connectivity index (χ0) is 16.2. The predicted octanol–water partition coefficient (Wildman–Crippen LogP) is 4.60. The number of hydrogen-bond donors (Lipinski definition) is 0. The lowest BCUT2D eigenvalue weighted by Crippen LogP contribution is -2.15. The van der Waals surface area contributed by atoms with E-state index in [0.29, 0.717) is 6.61 Å². The molecule has 3 rings (SSSR count). The van der Waals surface area contributed by atoms with Gasteiger partial charge in [0.15, 0.2) is 6.23 Å². The summed E-state index contributed by atoms with van der Waals surface area (Å²) in [5, 5.41) is 0.935. The Bertz CT molecular complexity index is 685. The monoisotopic (exact) mass is 347 g/mol. The van der Waals surface area contributed by atoms with E-state index in [1.807, 2.05) is 24.3 Å². The summed E-state index contributed by atoms with van der Waals surface area (Å²) in [6, 6.07) is 16.1. The SMILES string of the molecule is COc1ccc(CO[C@@H]2N=C(c3ccc(C)cc3)S[C@H]2Cl)cc1. The lowest BCUT2D eigenvalue weighted by Gasteiger charge is -2.12. The molecule has 1 aliphatic heterocycles.